The largest absolute Gasteiger partial charge is 0.316 e. The molecule has 17 heavy (non-hydrogen) atoms. The second kappa shape index (κ2) is 6.92. The van der Waals surface area contributed by atoms with Gasteiger partial charge in [0, 0.05) is 16.7 Å². The molecule has 2 atom stereocenters. The van der Waals surface area contributed by atoms with E-state index in [1.54, 1.807) is 0 Å². The summed E-state index contributed by atoms with van der Waals surface area (Å²) in [7, 11) is 1.05. The fraction of sp³-hybridized carbons (Fsp3) is 0.571. The molecule has 0 radical (unpaired) electrons. The summed E-state index contributed by atoms with van der Waals surface area (Å²) in [5, 5.41) is 3.24. The van der Waals surface area contributed by atoms with Gasteiger partial charge in [0.1, 0.15) is 0 Å². The minimum absolute atomic E-state index is 0.349. The van der Waals surface area contributed by atoms with Crippen LogP contribution in [0.25, 0.3) is 0 Å². The lowest BCUT2D eigenvalue weighted by molar-refractivity contribution is 0.557. The maximum atomic E-state index is 12.3. The molecule has 0 amide bonds. The Balaban J connectivity index is 2.75. The van der Waals surface area contributed by atoms with E-state index in [1.807, 2.05) is 26.1 Å². The molecule has 2 nitrogen and oxygen atoms in total. The van der Waals surface area contributed by atoms with E-state index in [0.717, 1.165) is 23.3 Å². The number of hydrogen-bond acceptors (Lipinski definition) is 2. The predicted octanol–water partition coefficient (Wildman–Crippen LogP) is 2.80. The van der Waals surface area contributed by atoms with Crippen molar-refractivity contribution in [1.29, 1.82) is 0 Å². The molecule has 3 heteroatoms. The van der Waals surface area contributed by atoms with E-state index in [0.29, 0.717) is 11.8 Å². The van der Waals surface area contributed by atoms with Crippen LogP contribution in [0.3, 0.4) is 0 Å². The standard InChI is InChI=1S/C14H23NOS/c1-5-6-13(15-4)10-17(16)14-8-7-11(2)9-12(14)3/h7-9,13,15H,5-6,10H2,1-4H3. The van der Waals surface area contributed by atoms with Gasteiger partial charge in [0.2, 0.25) is 0 Å². The van der Waals surface area contributed by atoms with Gasteiger partial charge in [0.15, 0.2) is 0 Å². The molecule has 0 aliphatic carbocycles. The normalized spacial score (nSPS) is 14.6. The Hall–Kier alpha value is -0.670. The Labute approximate surface area is 107 Å². The van der Waals surface area contributed by atoms with Crippen LogP contribution in [0.4, 0.5) is 0 Å². The molecule has 0 spiro atoms. The average molecular weight is 253 g/mol. The van der Waals surface area contributed by atoms with E-state index < -0.39 is 10.8 Å². The first-order valence-corrected chi connectivity index (χ1v) is 7.53. The maximum Gasteiger partial charge on any atom is 0.0547 e. The molecule has 0 bridgehead atoms. The quantitative estimate of drug-likeness (QED) is 0.844. The van der Waals surface area contributed by atoms with Crippen molar-refractivity contribution in [1.82, 2.24) is 5.32 Å². The van der Waals surface area contributed by atoms with Crippen molar-refractivity contribution < 1.29 is 4.21 Å². The van der Waals surface area contributed by atoms with Crippen LogP contribution in [0.2, 0.25) is 0 Å². The highest BCUT2D eigenvalue weighted by molar-refractivity contribution is 7.85. The Morgan fingerprint density at radius 1 is 1.35 bits per heavy atom. The van der Waals surface area contributed by atoms with E-state index in [-0.39, 0.29) is 0 Å². The van der Waals surface area contributed by atoms with E-state index in [2.05, 4.69) is 25.2 Å². The summed E-state index contributed by atoms with van der Waals surface area (Å²) >= 11 is 0. The van der Waals surface area contributed by atoms with Crippen molar-refractivity contribution in [3.8, 4) is 0 Å². The van der Waals surface area contributed by atoms with Crippen molar-refractivity contribution in [3.05, 3.63) is 29.3 Å². The number of nitrogens with one attached hydrogen (secondary N) is 1. The molecule has 0 saturated carbocycles. The van der Waals surface area contributed by atoms with Crippen LogP contribution in [-0.2, 0) is 10.8 Å². The molecule has 96 valence electrons. The number of hydrogen-bond donors (Lipinski definition) is 1. The van der Waals surface area contributed by atoms with Gasteiger partial charge in [-0.3, -0.25) is 4.21 Å². The van der Waals surface area contributed by atoms with E-state index in [4.69, 9.17) is 0 Å². The zero-order chi connectivity index (χ0) is 12.8. The van der Waals surface area contributed by atoms with E-state index >= 15 is 0 Å². The molecule has 1 rings (SSSR count). The molecule has 0 aliphatic rings. The molecule has 0 aromatic heterocycles. The molecular weight excluding hydrogens is 230 g/mol. The molecule has 0 heterocycles. The average Bonchev–Trinajstić information content (AvgIpc) is 2.28. The van der Waals surface area contributed by atoms with E-state index in [9.17, 15) is 4.21 Å². The first kappa shape index (κ1) is 14.4. The van der Waals surface area contributed by atoms with Crippen molar-refractivity contribution >= 4 is 10.8 Å². The third-order valence-corrected chi connectivity index (χ3v) is 4.63. The van der Waals surface area contributed by atoms with Crippen molar-refractivity contribution in [3.63, 3.8) is 0 Å². The van der Waals surface area contributed by atoms with Crippen molar-refractivity contribution in [2.45, 2.75) is 44.6 Å². The smallest absolute Gasteiger partial charge is 0.0547 e. The maximum absolute atomic E-state index is 12.3. The van der Waals surface area contributed by atoms with Crippen molar-refractivity contribution in [2.75, 3.05) is 12.8 Å². The summed E-state index contributed by atoms with van der Waals surface area (Å²) in [4.78, 5) is 0.979. The SMILES string of the molecule is CCCC(CS(=O)c1ccc(C)cc1C)NC. The van der Waals surface area contributed by atoms with Gasteiger partial charge in [-0.15, -0.1) is 0 Å². The van der Waals surface area contributed by atoms with Crippen LogP contribution in [0.15, 0.2) is 23.1 Å². The third-order valence-electron chi connectivity index (χ3n) is 2.97. The summed E-state index contributed by atoms with van der Waals surface area (Å²) < 4.78 is 12.3. The summed E-state index contributed by atoms with van der Waals surface area (Å²) in [6.45, 7) is 6.26. The molecule has 0 fully saturated rings. The Bertz CT molecular complexity index is 390. The van der Waals surface area contributed by atoms with Crippen LogP contribution in [-0.4, -0.2) is 23.1 Å². The van der Waals surface area contributed by atoms with Gasteiger partial charge in [-0.05, 0) is 38.9 Å². The fourth-order valence-corrected chi connectivity index (χ4v) is 3.50. The van der Waals surface area contributed by atoms with Gasteiger partial charge in [0.25, 0.3) is 0 Å². The Kier molecular flexibility index (Phi) is 5.86. The lowest BCUT2D eigenvalue weighted by Gasteiger charge is -2.15. The number of aryl methyl sites for hydroxylation is 2. The minimum Gasteiger partial charge on any atom is -0.316 e. The lowest BCUT2D eigenvalue weighted by atomic mass is 10.2. The molecule has 1 N–H and O–H groups in total. The molecule has 1 aromatic carbocycles. The first-order valence-electron chi connectivity index (χ1n) is 6.21. The Morgan fingerprint density at radius 2 is 2.06 bits per heavy atom. The van der Waals surface area contributed by atoms with Gasteiger partial charge >= 0.3 is 0 Å². The van der Waals surface area contributed by atoms with Gasteiger partial charge in [0.05, 0.1) is 10.8 Å². The molecule has 2 unspecified atom stereocenters. The molecule has 1 aromatic rings. The predicted molar refractivity (Wildman–Crippen MR) is 74.9 cm³/mol. The van der Waals surface area contributed by atoms with Crippen molar-refractivity contribution in [2.24, 2.45) is 0 Å². The monoisotopic (exact) mass is 253 g/mol. The zero-order valence-electron chi connectivity index (χ0n) is 11.2. The fourth-order valence-electron chi connectivity index (χ4n) is 1.99. The summed E-state index contributed by atoms with van der Waals surface area (Å²) in [5.74, 6) is 0.703. The third kappa shape index (κ3) is 4.25. The molecule has 0 saturated heterocycles. The Morgan fingerprint density at radius 3 is 2.59 bits per heavy atom. The van der Waals surface area contributed by atoms with Gasteiger partial charge < -0.3 is 5.32 Å². The minimum atomic E-state index is -0.897. The highest BCUT2D eigenvalue weighted by Crippen LogP contribution is 2.16. The second-order valence-corrected chi connectivity index (χ2v) is 6.02. The van der Waals surface area contributed by atoms with Crippen LogP contribution in [0, 0.1) is 13.8 Å². The zero-order valence-corrected chi connectivity index (χ0v) is 12.1. The van der Waals surface area contributed by atoms with Gasteiger partial charge in [-0.1, -0.05) is 31.0 Å². The van der Waals surface area contributed by atoms with Gasteiger partial charge in [-0.25, -0.2) is 0 Å². The van der Waals surface area contributed by atoms with Crippen LogP contribution in [0.5, 0.6) is 0 Å². The summed E-state index contributed by atoms with van der Waals surface area (Å²) in [5.41, 5.74) is 2.36. The number of rotatable bonds is 6. The summed E-state index contributed by atoms with van der Waals surface area (Å²) in [6, 6.07) is 6.48. The first-order chi connectivity index (χ1) is 8.08. The highest BCUT2D eigenvalue weighted by Gasteiger charge is 2.13. The van der Waals surface area contributed by atoms with E-state index in [1.165, 1.54) is 5.56 Å². The summed E-state index contributed by atoms with van der Waals surface area (Å²) in [6.07, 6.45) is 2.20. The second-order valence-electron chi connectivity index (χ2n) is 4.56. The lowest BCUT2D eigenvalue weighted by Crippen LogP contribution is -2.31. The van der Waals surface area contributed by atoms with Crippen LogP contribution in [0.1, 0.15) is 30.9 Å². The highest BCUT2D eigenvalue weighted by atomic mass is 32.2. The topological polar surface area (TPSA) is 29.1 Å². The molecular formula is C14H23NOS. The van der Waals surface area contributed by atoms with Crippen LogP contribution < -0.4 is 5.32 Å². The molecule has 0 aliphatic heterocycles. The van der Waals surface area contributed by atoms with Crippen LogP contribution >= 0.6 is 0 Å². The number of benzene rings is 1. The van der Waals surface area contributed by atoms with Gasteiger partial charge in [-0.2, -0.15) is 0 Å².